The summed E-state index contributed by atoms with van der Waals surface area (Å²) in [6.45, 7) is 0. The highest BCUT2D eigenvalue weighted by atomic mass is 35.5. The van der Waals surface area contributed by atoms with Crippen molar-refractivity contribution in [2.75, 3.05) is 0 Å². The maximum absolute atomic E-state index is 5.72. The highest BCUT2D eigenvalue weighted by Crippen LogP contribution is 2.21. The summed E-state index contributed by atoms with van der Waals surface area (Å²) < 4.78 is 1.71. The van der Waals surface area contributed by atoms with Gasteiger partial charge < -0.3 is 0 Å². The monoisotopic (exact) mass is 230 g/mol. The van der Waals surface area contributed by atoms with Crippen LogP contribution in [0, 0.1) is 0 Å². The minimum absolute atomic E-state index is 0.240. The lowest BCUT2D eigenvalue weighted by Crippen LogP contribution is -1.91. The summed E-state index contributed by atoms with van der Waals surface area (Å²) in [6, 6.07) is 5.90. The van der Waals surface area contributed by atoms with Crippen LogP contribution in [-0.4, -0.2) is 19.6 Å². The van der Waals surface area contributed by atoms with Crippen LogP contribution >= 0.6 is 11.6 Å². The lowest BCUT2D eigenvalue weighted by Gasteiger charge is -1.93. The zero-order valence-electron chi connectivity index (χ0n) is 8.21. The Morgan fingerprint density at radius 2 is 1.94 bits per heavy atom. The van der Waals surface area contributed by atoms with Crippen LogP contribution in [0.15, 0.2) is 43.0 Å². The Labute approximate surface area is 96.5 Å². The summed E-state index contributed by atoms with van der Waals surface area (Å²) >= 11 is 5.72. The van der Waals surface area contributed by atoms with Crippen LogP contribution in [0.1, 0.15) is 0 Å². The molecule has 0 aliphatic carbocycles. The Balaban J connectivity index is 2.19. The standard InChI is InChI=1S/C11H7ClN4/c12-11-14-6-10-5-9(7-16(10)15-11)8-1-3-13-4-2-8/h1-7H. The molecule has 78 valence electrons. The van der Waals surface area contributed by atoms with Gasteiger partial charge in [0.25, 0.3) is 0 Å². The topological polar surface area (TPSA) is 43.1 Å². The molecule has 3 heterocycles. The normalized spacial score (nSPS) is 10.8. The molecule has 0 bridgehead atoms. The summed E-state index contributed by atoms with van der Waals surface area (Å²) in [4.78, 5) is 7.92. The van der Waals surface area contributed by atoms with Gasteiger partial charge in [-0.3, -0.25) is 4.98 Å². The molecule has 16 heavy (non-hydrogen) atoms. The Morgan fingerprint density at radius 3 is 2.75 bits per heavy atom. The highest BCUT2D eigenvalue weighted by Gasteiger charge is 2.03. The van der Waals surface area contributed by atoms with Gasteiger partial charge >= 0.3 is 0 Å². The fourth-order valence-corrected chi connectivity index (χ4v) is 1.72. The molecular formula is C11H7ClN4. The quantitative estimate of drug-likeness (QED) is 0.645. The van der Waals surface area contributed by atoms with Crippen molar-refractivity contribution in [1.29, 1.82) is 0 Å². The fraction of sp³-hybridized carbons (Fsp3) is 0. The second-order valence-corrected chi connectivity index (χ2v) is 3.70. The molecule has 5 heteroatoms. The second-order valence-electron chi connectivity index (χ2n) is 3.36. The van der Waals surface area contributed by atoms with Gasteiger partial charge in [-0.1, -0.05) is 0 Å². The van der Waals surface area contributed by atoms with Crippen molar-refractivity contribution in [3.8, 4) is 11.1 Å². The summed E-state index contributed by atoms with van der Waals surface area (Å²) in [7, 11) is 0. The van der Waals surface area contributed by atoms with E-state index >= 15 is 0 Å². The average Bonchev–Trinajstić information content (AvgIpc) is 2.73. The smallest absolute Gasteiger partial charge is 0.241 e. The molecular weight excluding hydrogens is 224 g/mol. The lowest BCUT2D eigenvalue weighted by atomic mass is 10.1. The maximum atomic E-state index is 5.72. The van der Waals surface area contributed by atoms with Crippen LogP contribution < -0.4 is 0 Å². The number of halogens is 1. The van der Waals surface area contributed by atoms with Crippen LogP contribution in [0.3, 0.4) is 0 Å². The predicted molar refractivity (Wildman–Crippen MR) is 61.2 cm³/mol. The van der Waals surface area contributed by atoms with Crippen molar-refractivity contribution in [3.63, 3.8) is 0 Å². The molecule has 0 radical (unpaired) electrons. The van der Waals surface area contributed by atoms with Crippen LogP contribution in [0.5, 0.6) is 0 Å². The molecule has 3 aromatic rings. The fourth-order valence-electron chi connectivity index (χ4n) is 1.59. The zero-order chi connectivity index (χ0) is 11.0. The van der Waals surface area contributed by atoms with E-state index < -0.39 is 0 Å². The van der Waals surface area contributed by atoms with E-state index in [0.29, 0.717) is 0 Å². The number of hydrogen-bond donors (Lipinski definition) is 0. The van der Waals surface area contributed by atoms with E-state index in [1.165, 1.54) is 0 Å². The first-order valence-electron chi connectivity index (χ1n) is 4.74. The Morgan fingerprint density at radius 1 is 1.12 bits per heavy atom. The third-order valence-electron chi connectivity index (χ3n) is 2.34. The van der Waals surface area contributed by atoms with Crippen molar-refractivity contribution in [2.45, 2.75) is 0 Å². The van der Waals surface area contributed by atoms with E-state index in [1.807, 2.05) is 24.4 Å². The van der Waals surface area contributed by atoms with Crippen LogP contribution in [0.25, 0.3) is 16.6 Å². The molecule has 3 aromatic heterocycles. The molecule has 0 aromatic carbocycles. The number of aromatic nitrogens is 4. The van der Waals surface area contributed by atoms with E-state index in [-0.39, 0.29) is 5.28 Å². The van der Waals surface area contributed by atoms with Gasteiger partial charge in [0.1, 0.15) is 0 Å². The number of hydrogen-bond acceptors (Lipinski definition) is 3. The van der Waals surface area contributed by atoms with Gasteiger partial charge in [0.05, 0.1) is 11.7 Å². The van der Waals surface area contributed by atoms with Crippen molar-refractivity contribution in [2.24, 2.45) is 0 Å². The predicted octanol–water partition coefficient (Wildman–Crippen LogP) is 2.44. The number of rotatable bonds is 1. The van der Waals surface area contributed by atoms with Crippen molar-refractivity contribution in [3.05, 3.63) is 48.3 Å². The first-order valence-corrected chi connectivity index (χ1v) is 5.12. The van der Waals surface area contributed by atoms with Crippen molar-refractivity contribution >= 4 is 17.1 Å². The van der Waals surface area contributed by atoms with E-state index in [9.17, 15) is 0 Å². The van der Waals surface area contributed by atoms with Gasteiger partial charge in [-0.15, -0.1) is 5.10 Å². The third-order valence-corrected chi connectivity index (χ3v) is 2.51. The summed E-state index contributed by atoms with van der Waals surface area (Å²) in [6.07, 6.45) is 7.13. The lowest BCUT2D eigenvalue weighted by molar-refractivity contribution is 0.905. The summed E-state index contributed by atoms with van der Waals surface area (Å²) in [5.41, 5.74) is 3.08. The molecule has 0 N–H and O–H groups in total. The zero-order valence-corrected chi connectivity index (χ0v) is 8.96. The summed E-state index contributed by atoms with van der Waals surface area (Å²) in [5.74, 6) is 0. The molecule has 0 fully saturated rings. The second kappa shape index (κ2) is 3.57. The van der Waals surface area contributed by atoms with Gasteiger partial charge in [0.2, 0.25) is 5.28 Å². The molecule has 0 aliphatic rings. The maximum Gasteiger partial charge on any atom is 0.241 e. The van der Waals surface area contributed by atoms with Crippen LogP contribution in [0.4, 0.5) is 0 Å². The van der Waals surface area contributed by atoms with Crippen LogP contribution in [-0.2, 0) is 0 Å². The minimum Gasteiger partial charge on any atom is -0.265 e. The molecule has 0 unspecified atom stereocenters. The third kappa shape index (κ3) is 1.53. The average molecular weight is 231 g/mol. The first kappa shape index (κ1) is 9.30. The van der Waals surface area contributed by atoms with Gasteiger partial charge in [-0.2, -0.15) is 0 Å². The molecule has 0 atom stereocenters. The number of fused-ring (bicyclic) bond motifs is 1. The highest BCUT2D eigenvalue weighted by molar-refractivity contribution is 6.28. The first-order chi connectivity index (χ1) is 7.83. The van der Waals surface area contributed by atoms with Crippen molar-refractivity contribution in [1.82, 2.24) is 19.6 Å². The molecule has 4 nitrogen and oxygen atoms in total. The summed E-state index contributed by atoms with van der Waals surface area (Å²) in [5, 5.41) is 4.32. The Hall–Kier alpha value is -1.94. The molecule has 0 aliphatic heterocycles. The van der Waals surface area contributed by atoms with E-state index in [0.717, 1.165) is 16.6 Å². The largest absolute Gasteiger partial charge is 0.265 e. The molecule has 3 rings (SSSR count). The van der Waals surface area contributed by atoms with E-state index in [4.69, 9.17) is 11.6 Å². The Bertz CT molecular complexity index is 633. The van der Waals surface area contributed by atoms with Gasteiger partial charge in [-0.25, -0.2) is 9.50 Å². The van der Waals surface area contributed by atoms with E-state index in [1.54, 1.807) is 23.1 Å². The van der Waals surface area contributed by atoms with E-state index in [2.05, 4.69) is 15.1 Å². The van der Waals surface area contributed by atoms with Crippen LogP contribution in [0.2, 0.25) is 5.28 Å². The number of nitrogens with zero attached hydrogens (tertiary/aromatic N) is 4. The van der Waals surface area contributed by atoms with Gasteiger partial charge in [-0.05, 0) is 35.4 Å². The molecule has 0 amide bonds. The molecule has 0 spiro atoms. The minimum atomic E-state index is 0.240. The van der Waals surface area contributed by atoms with Gasteiger partial charge in [0, 0.05) is 24.2 Å². The van der Waals surface area contributed by atoms with Gasteiger partial charge in [0.15, 0.2) is 0 Å². The molecule has 0 saturated heterocycles. The SMILES string of the molecule is Clc1ncc2cc(-c3ccncc3)cn2n1. The number of pyridine rings is 1. The molecule has 0 saturated carbocycles. The van der Waals surface area contributed by atoms with Crippen molar-refractivity contribution < 1.29 is 0 Å². The Kier molecular flexibility index (Phi) is 2.08.